The fraction of sp³-hybridized carbons (Fsp3) is 0.294. The number of para-hydroxylation sites is 1. The van der Waals surface area contributed by atoms with Gasteiger partial charge in [-0.15, -0.1) is 0 Å². The molecule has 2 rings (SSSR count). The number of ether oxygens (including phenoxy) is 1. The Labute approximate surface area is 135 Å². The summed E-state index contributed by atoms with van der Waals surface area (Å²) < 4.78 is 5.14. The van der Waals surface area contributed by atoms with Crippen molar-refractivity contribution in [3.05, 3.63) is 58.6 Å². The average Bonchev–Trinajstić information content (AvgIpc) is 2.53. The van der Waals surface area contributed by atoms with Gasteiger partial charge in [0.1, 0.15) is 11.5 Å². The first kappa shape index (κ1) is 16.6. The maximum absolute atomic E-state index is 10.0. The molecule has 0 saturated carbocycles. The van der Waals surface area contributed by atoms with Gasteiger partial charge in [-0.3, -0.25) is 4.90 Å². The number of phenolic OH excluding ortho intramolecular Hbond substituents is 1. The van der Waals surface area contributed by atoms with Crippen LogP contribution in [0.4, 0.5) is 0 Å². The lowest BCUT2D eigenvalue weighted by molar-refractivity contribution is 0.141. The minimum absolute atomic E-state index is 0.0237. The van der Waals surface area contributed by atoms with E-state index in [2.05, 4.69) is 0 Å². The van der Waals surface area contributed by atoms with Gasteiger partial charge in [0.25, 0.3) is 0 Å². The number of hydrogen-bond acceptors (Lipinski definition) is 4. The number of aromatic hydroxyl groups is 1. The minimum atomic E-state index is -0.177. The predicted molar refractivity (Wildman–Crippen MR) is 87.4 cm³/mol. The molecule has 2 N–H and O–H groups in total. The molecule has 0 saturated heterocycles. The molecular weight excluding hydrogens is 302 g/mol. The molecule has 0 heterocycles. The van der Waals surface area contributed by atoms with E-state index in [1.165, 1.54) is 0 Å². The largest absolute Gasteiger partial charge is 0.506 e. The average molecular weight is 322 g/mol. The summed E-state index contributed by atoms with van der Waals surface area (Å²) in [6.45, 7) is 0.452. The maximum atomic E-state index is 10.0. The van der Waals surface area contributed by atoms with Gasteiger partial charge >= 0.3 is 0 Å². The Morgan fingerprint density at radius 2 is 1.86 bits per heavy atom. The van der Waals surface area contributed by atoms with Crippen LogP contribution in [0.15, 0.2) is 42.5 Å². The Balaban J connectivity index is 2.17. The Hall–Kier alpha value is -1.75. The van der Waals surface area contributed by atoms with Gasteiger partial charge in [-0.2, -0.15) is 0 Å². The molecule has 0 aliphatic rings. The number of benzene rings is 2. The van der Waals surface area contributed by atoms with Gasteiger partial charge in [0.2, 0.25) is 0 Å². The number of hydrogen-bond donors (Lipinski definition) is 2. The summed E-state index contributed by atoms with van der Waals surface area (Å²) in [4.78, 5) is 1.97. The van der Waals surface area contributed by atoms with Gasteiger partial charge in [0, 0.05) is 12.1 Å². The van der Waals surface area contributed by atoms with Crippen molar-refractivity contribution < 1.29 is 14.9 Å². The van der Waals surface area contributed by atoms with E-state index in [9.17, 15) is 10.2 Å². The Morgan fingerprint density at radius 3 is 2.45 bits per heavy atom. The van der Waals surface area contributed by atoms with Crippen LogP contribution in [-0.2, 0) is 6.54 Å². The molecule has 0 radical (unpaired) electrons. The Bertz CT molecular complexity index is 616. The van der Waals surface area contributed by atoms with Crippen molar-refractivity contribution in [1.82, 2.24) is 4.90 Å². The lowest BCUT2D eigenvalue weighted by Crippen LogP contribution is -2.27. The zero-order valence-corrected chi connectivity index (χ0v) is 13.4. The van der Waals surface area contributed by atoms with Crippen molar-refractivity contribution in [1.29, 1.82) is 0 Å². The van der Waals surface area contributed by atoms with Gasteiger partial charge in [-0.1, -0.05) is 35.9 Å². The van der Waals surface area contributed by atoms with E-state index in [1.807, 2.05) is 42.3 Å². The fourth-order valence-electron chi connectivity index (χ4n) is 2.39. The normalized spacial score (nSPS) is 12.4. The molecule has 0 amide bonds. The Kier molecular flexibility index (Phi) is 5.66. The highest BCUT2D eigenvalue weighted by Crippen LogP contribution is 2.30. The quantitative estimate of drug-likeness (QED) is 0.857. The van der Waals surface area contributed by atoms with Crippen LogP contribution in [0.25, 0.3) is 0 Å². The summed E-state index contributed by atoms with van der Waals surface area (Å²) in [5.41, 5.74) is 1.70. The topological polar surface area (TPSA) is 52.9 Å². The SMILES string of the molecule is COc1ccc(C(CO)N(C)Cc2cccc(Cl)c2O)cc1. The summed E-state index contributed by atoms with van der Waals surface area (Å²) in [6, 6.07) is 12.7. The molecule has 4 nitrogen and oxygen atoms in total. The van der Waals surface area contributed by atoms with E-state index in [-0.39, 0.29) is 18.4 Å². The summed E-state index contributed by atoms with van der Waals surface area (Å²) in [5, 5.41) is 20.0. The van der Waals surface area contributed by atoms with Crippen LogP contribution in [0, 0.1) is 0 Å². The number of rotatable bonds is 6. The van der Waals surface area contributed by atoms with Gasteiger partial charge in [-0.05, 0) is 30.8 Å². The van der Waals surface area contributed by atoms with Crippen molar-refractivity contribution in [2.45, 2.75) is 12.6 Å². The number of aliphatic hydroxyl groups is 1. The maximum Gasteiger partial charge on any atom is 0.138 e. The van der Waals surface area contributed by atoms with E-state index >= 15 is 0 Å². The van der Waals surface area contributed by atoms with Crippen LogP contribution >= 0.6 is 11.6 Å². The van der Waals surface area contributed by atoms with Gasteiger partial charge in [0.05, 0.1) is 24.8 Å². The smallest absolute Gasteiger partial charge is 0.138 e. The second kappa shape index (κ2) is 7.49. The summed E-state index contributed by atoms with van der Waals surface area (Å²) in [7, 11) is 3.51. The molecule has 0 bridgehead atoms. The number of nitrogens with zero attached hydrogens (tertiary/aromatic N) is 1. The predicted octanol–water partition coefficient (Wildman–Crippen LogP) is 3.22. The molecule has 0 aliphatic carbocycles. The molecule has 0 fully saturated rings. The second-order valence-corrected chi connectivity index (χ2v) is 5.54. The zero-order chi connectivity index (χ0) is 16.1. The number of phenols is 1. The Morgan fingerprint density at radius 1 is 1.18 bits per heavy atom. The monoisotopic (exact) mass is 321 g/mol. The number of likely N-dealkylation sites (N-methyl/N-ethyl adjacent to an activating group) is 1. The van der Waals surface area contributed by atoms with Gasteiger partial charge in [0.15, 0.2) is 0 Å². The minimum Gasteiger partial charge on any atom is -0.506 e. The molecule has 5 heteroatoms. The first-order valence-electron chi connectivity index (χ1n) is 6.98. The molecule has 1 atom stereocenters. The highest BCUT2D eigenvalue weighted by molar-refractivity contribution is 6.32. The number of halogens is 1. The second-order valence-electron chi connectivity index (χ2n) is 5.13. The molecule has 118 valence electrons. The number of methoxy groups -OCH3 is 1. The van der Waals surface area contributed by atoms with Crippen LogP contribution in [0.1, 0.15) is 17.2 Å². The molecule has 0 aromatic heterocycles. The van der Waals surface area contributed by atoms with Crippen molar-refractivity contribution >= 4 is 11.6 Å². The summed E-state index contributed by atoms with van der Waals surface area (Å²) in [5.74, 6) is 0.859. The zero-order valence-electron chi connectivity index (χ0n) is 12.7. The third kappa shape index (κ3) is 3.71. The summed E-state index contributed by atoms with van der Waals surface area (Å²) in [6.07, 6.45) is 0. The molecule has 0 spiro atoms. The van der Waals surface area contributed by atoms with Crippen LogP contribution in [-0.4, -0.2) is 35.9 Å². The van der Waals surface area contributed by atoms with E-state index in [0.717, 1.165) is 16.9 Å². The van der Waals surface area contributed by atoms with Crippen LogP contribution in [0.5, 0.6) is 11.5 Å². The molecular formula is C17H20ClNO3. The summed E-state index contributed by atoms with van der Waals surface area (Å²) >= 11 is 5.93. The van der Waals surface area contributed by atoms with E-state index < -0.39 is 0 Å². The van der Waals surface area contributed by atoms with E-state index in [1.54, 1.807) is 19.2 Å². The third-order valence-electron chi connectivity index (χ3n) is 3.70. The molecule has 2 aromatic rings. The molecule has 2 aromatic carbocycles. The van der Waals surface area contributed by atoms with Crippen molar-refractivity contribution in [2.75, 3.05) is 20.8 Å². The van der Waals surface area contributed by atoms with Crippen LogP contribution < -0.4 is 4.74 Å². The highest BCUT2D eigenvalue weighted by Gasteiger charge is 2.18. The van der Waals surface area contributed by atoms with Crippen molar-refractivity contribution in [3.8, 4) is 11.5 Å². The highest BCUT2D eigenvalue weighted by atomic mass is 35.5. The third-order valence-corrected chi connectivity index (χ3v) is 4.00. The van der Waals surface area contributed by atoms with Crippen LogP contribution in [0.3, 0.4) is 0 Å². The first-order chi connectivity index (χ1) is 10.6. The lowest BCUT2D eigenvalue weighted by Gasteiger charge is -2.27. The van der Waals surface area contributed by atoms with Crippen molar-refractivity contribution in [2.24, 2.45) is 0 Å². The van der Waals surface area contributed by atoms with E-state index in [4.69, 9.17) is 16.3 Å². The standard InChI is InChI=1S/C17H20ClNO3/c1-19(10-13-4-3-5-15(18)17(13)21)16(11-20)12-6-8-14(22-2)9-7-12/h3-9,16,20-21H,10-11H2,1-2H3. The molecule has 1 unspecified atom stereocenters. The number of aliphatic hydroxyl groups excluding tert-OH is 1. The fourth-order valence-corrected chi connectivity index (χ4v) is 2.59. The first-order valence-corrected chi connectivity index (χ1v) is 7.36. The van der Waals surface area contributed by atoms with Crippen LogP contribution in [0.2, 0.25) is 5.02 Å². The van der Waals surface area contributed by atoms with Gasteiger partial charge < -0.3 is 14.9 Å². The molecule has 22 heavy (non-hydrogen) atoms. The van der Waals surface area contributed by atoms with E-state index in [0.29, 0.717) is 11.6 Å². The lowest BCUT2D eigenvalue weighted by atomic mass is 10.1. The molecule has 0 aliphatic heterocycles. The van der Waals surface area contributed by atoms with Crippen molar-refractivity contribution in [3.63, 3.8) is 0 Å². The van der Waals surface area contributed by atoms with Gasteiger partial charge in [-0.25, -0.2) is 0 Å².